The van der Waals surface area contributed by atoms with Crippen molar-refractivity contribution in [3.63, 3.8) is 0 Å². The van der Waals surface area contributed by atoms with Crippen molar-refractivity contribution in [2.45, 2.75) is 20.3 Å². The highest BCUT2D eigenvalue weighted by Gasteiger charge is 2.08. The second-order valence-corrected chi connectivity index (χ2v) is 6.27. The SMILES string of the molecule is Cc1cc(C)cc(C(=O)NCC(=O)NCCc2cccs2)c1. The van der Waals surface area contributed by atoms with Gasteiger partial charge in [0.1, 0.15) is 0 Å². The van der Waals surface area contributed by atoms with E-state index in [1.54, 1.807) is 11.3 Å². The largest absolute Gasteiger partial charge is 0.354 e. The van der Waals surface area contributed by atoms with Gasteiger partial charge in [-0.25, -0.2) is 0 Å². The van der Waals surface area contributed by atoms with E-state index >= 15 is 0 Å². The lowest BCUT2D eigenvalue weighted by Crippen LogP contribution is -2.37. The lowest BCUT2D eigenvalue weighted by atomic mass is 10.1. The van der Waals surface area contributed by atoms with Crippen molar-refractivity contribution < 1.29 is 9.59 Å². The molecule has 4 nitrogen and oxygen atoms in total. The molecule has 0 aliphatic rings. The van der Waals surface area contributed by atoms with Crippen molar-refractivity contribution in [3.8, 4) is 0 Å². The summed E-state index contributed by atoms with van der Waals surface area (Å²) in [5.74, 6) is -0.394. The first kappa shape index (κ1) is 16.2. The molecule has 2 N–H and O–H groups in total. The zero-order valence-electron chi connectivity index (χ0n) is 12.8. The van der Waals surface area contributed by atoms with Crippen LogP contribution in [0.3, 0.4) is 0 Å². The van der Waals surface area contributed by atoms with E-state index in [0.717, 1.165) is 17.5 Å². The van der Waals surface area contributed by atoms with Gasteiger partial charge in [-0.05, 0) is 43.8 Å². The van der Waals surface area contributed by atoms with Gasteiger partial charge in [0.15, 0.2) is 0 Å². The lowest BCUT2D eigenvalue weighted by molar-refractivity contribution is -0.120. The second-order valence-electron chi connectivity index (χ2n) is 5.24. The van der Waals surface area contributed by atoms with Gasteiger partial charge in [0.25, 0.3) is 5.91 Å². The minimum absolute atomic E-state index is 0.00371. The van der Waals surface area contributed by atoms with Crippen LogP contribution in [0.25, 0.3) is 0 Å². The van der Waals surface area contributed by atoms with Crippen LogP contribution in [0.15, 0.2) is 35.7 Å². The zero-order valence-corrected chi connectivity index (χ0v) is 13.6. The van der Waals surface area contributed by atoms with Gasteiger partial charge in [-0.15, -0.1) is 11.3 Å². The molecule has 0 unspecified atom stereocenters. The van der Waals surface area contributed by atoms with Gasteiger partial charge in [-0.3, -0.25) is 9.59 Å². The summed E-state index contributed by atoms with van der Waals surface area (Å²) in [4.78, 5) is 25.0. The number of hydrogen-bond donors (Lipinski definition) is 2. The smallest absolute Gasteiger partial charge is 0.251 e. The fourth-order valence-corrected chi connectivity index (χ4v) is 2.92. The molecule has 22 heavy (non-hydrogen) atoms. The Hall–Kier alpha value is -2.14. The number of carbonyl (C=O) groups is 2. The molecule has 1 heterocycles. The average Bonchev–Trinajstić information content (AvgIpc) is 2.97. The van der Waals surface area contributed by atoms with E-state index in [-0.39, 0.29) is 18.4 Å². The van der Waals surface area contributed by atoms with E-state index in [2.05, 4.69) is 10.6 Å². The topological polar surface area (TPSA) is 58.2 Å². The van der Waals surface area contributed by atoms with Gasteiger partial charge >= 0.3 is 0 Å². The number of hydrogen-bond acceptors (Lipinski definition) is 3. The number of nitrogens with one attached hydrogen (secondary N) is 2. The van der Waals surface area contributed by atoms with Crippen molar-refractivity contribution in [1.29, 1.82) is 0 Å². The first-order valence-corrected chi connectivity index (χ1v) is 8.08. The van der Waals surface area contributed by atoms with Gasteiger partial charge in [-0.1, -0.05) is 23.3 Å². The molecule has 2 aromatic rings. The molecule has 2 amide bonds. The van der Waals surface area contributed by atoms with E-state index in [1.165, 1.54) is 4.88 Å². The fourth-order valence-electron chi connectivity index (χ4n) is 2.21. The van der Waals surface area contributed by atoms with E-state index in [1.807, 2.05) is 49.6 Å². The van der Waals surface area contributed by atoms with Crippen LogP contribution in [0.1, 0.15) is 26.4 Å². The summed E-state index contributed by atoms with van der Waals surface area (Å²) in [5.41, 5.74) is 2.65. The Kier molecular flexibility index (Phi) is 5.72. The van der Waals surface area contributed by atoms with Crippen molar-refractivity contribution in [2.24, 2.45) is 0 Å². The van der Waals surface area contributed by atoms with Crippen LogP contribution in [-0.2, 0) is 11.2 Å². The third-order valence-corrected chi connectivity index (χ3v) is 4.10. The first-order valence-electron chi connectivity index (χ1n) is 7.20. The summed E-state index contributed by atoms with van der Waals surface area (Å²) in [5, 5.41) is 7.47. The Morgan fingerprint density at radius 3 is 2.45 bits per heavy atom. The number of thiophene rings is 1. The molecule has 0 radical (unpaired) electrons. The van der Waals surface area contributed by atoms with Crippen LogP contribution in [0, 0.1) is 13.8 Å². The minimum atomic E-state index is -0.222. The molecule has 2 rings (SSSR count). The summed E-state index contributed by atoms with van der Waals surface area (Å²) in [6.07, 6.45) is 0.814. The summed E-state index contributed by atoms with van der Waals surface area (Å²) < 4.78 is 0. The highest BCUT2D eigenvalue weighted by Crippen LogP contribution is 2.09. The second kappa shape index (κ2) is 7.75. The molecule has 0 spiro atoms. The number of carbonyl (C=O) groups excluding carboxylic acids is 2. The minimum Gasteiger partial charge on any atom is -0.354 e. The van der Waals surface area contributed by atoms with Crippen molar-refractivity contribution >= 4 is 23.2 Å². The molecule has 0 bridgehead atoms. The van der Waals surface area contributed by atoms with Crippen molar-refractivity contribution in [2.75, 3.05) is 13.1 Å². The van der Waals surface area contributed by atoms with Crippen LogP contribution >= 0.6 is 11.3 Å². The Balaban J connectivity index is 1.74. The lowest BCUT2D eigenvalue weighted by Gasteiger charge is -2.08. The quantitative estimate of drug-likeness (QED) is 0.860. The molecule has 116 valence electrons. The van der Waals surface area contributed by atoms with Gasteiger partial charge < -0.3 is 10.6 Å². The monoisotopic (exact) mass is 316 g/mol. The van der Waals surface area contributed by atoms with Crippen LogP contribution < -0.4 is 10.6 Å². The third-order valence-electron chi connectivity index (χ3n) is 3.17. The molecule has 0 saturated carbocycles. The zero-order chi connectivity index (χ0) is 15.9. The Morgan fingerprint density at radius 1 is 1.09 bits per heavy atom. The molecule has 1 aromatic carbocycles. The maximum absolute atomic E-state index is 12.0. The maximum Gasteiger partial charge on any atom is 0.251 e. The summed E-state index contributed by atoms with van der Waals surface area (Å²) >= 11 is 1.67. The van der Waals surface area contributed by atoms with Gasteiger partial charge in [0.05, 0.1) is 6.54 Å². The highest BCUT2D eigenvalue weighted by molar-refractivity contribution is 7.09. The van der Waals surface area contributed by atoms with E-state index in [0.29, 0.717) is 12.1 Å². The normalized spacial score (nSPS) is 10.3. The van der Waals surface area contributed by atoms with Gasteiger partial charge in [0, 0.05) is 17.0 Å². The molecule has 0 saturated heterocycles. The molecule has 1 aromatic heterocycles. The number of amides is 2. The maximum atomic E-state index is 12.0. The van der Waals surface area contributed by atoms with Crippen LogP contribution in [0.5, 0.6) is 0 Å². The average molecular weight is 316 g/mol. The Labute approximate surface area is 134 Å². The van der Waals surface area contributed by atoms with Crippen molar-refractivity contribution in [3.05, 3.63) is 57.3 Å². The van der Waals surface area contributed by atoms with E-state index < -0.39 is 0 Å². The number of aryl methyl sites for hydroxylation is 2. The molecule has 0 aliphatic heterocycles. The molecular formula is C17H20N2O2S. The van der Waals surface area contributed by atoms with Gasteiger partial charge in [-0.2, -0.15) is 0 Å². The molecule has 0 aliphatic carbocycles. The molecule has 0 fully saturated rings. The summed E-state index contributed by atoms with van der Waals surface area (Å²) in [7, 11) is 0. The van der Waals surface area contributed by atoms with E-state index in [9.17, 15) is 9.59 Å². The predicted molar refractivity (Wildman–Crippen MR) is 89.3 cm³/mol. The third kappa shape index (κ3) is 5.00. The van der Waals surface area contributed by atoms with E-state index in [4.69, 9.17) is 0 Å². The molecule has 5 heteroatoms. The Morgan fingerprint density at radius 2 is 1.82 bits per heavy atom. The van der Waals surface area contributed by atoms with Crippen LogP contribution in [0.4, 0.5) is 0 Å². The highest BCUT2D eigenvalue weighted by atomic mass is 32.1. The molecule has 0 atom stereocenters. The fraction of sp³-hybridized carbons (Fsp3) is 0.294. The van der Waals surface area contributed by atoms with Crippen molar-refractivity contribution in [1.82, 2.24) is 10.6 Å². The predicted octanol–water partition coefficient (Wildman–Crippen LogP) is 2.45. The van der Waals surface area contributed by atoms with Gasteiger partial charge in [0.2, 0.25) is 5.91 Å². The number of benzene rings is 1. The molecular weight excluding hydrogens is 296 g/mol. The number of rotatable bonds is 6. The Bertz CT molecular complexity index is 630. The summed E-state index contributed by atoms with van der Waals surface area (Å²) in [6.45, 7) is 4.47. The standard InChI is InChI=1S/C17H20N2O2S/c1-12-8-13(2)10-14(9-12)17(21)19-11-16(20)18-6-5-15-4-3-7-22-15/h3-4,7-10H,5-6,11H2,1-2H3,(H,18,20)(H,19,21). The van der Waals surface area contributed by atoms with Crippen LogP contribution in [-0.4, -0.2) is 24.9 Å². The summed E-state index contributed by atoms with van der Waals surface area (Å²) in [6, 6.07) is 9.67. The van der Waals surface area contributed by atoms with Crippen LogP contribution in [0.2, 0.25) is 0 Å². The first-order chi connectivity index (χ1) is 10.5.